The summed E-state index contributed by atoms with van der Waals surface area (Å²) in [6, 6.07) is 19.3. The lowest BCUT2D eigenvalue weighted by molar-refractivity contribution is 0.689. The molecule has 1 heterocycles. The molecule has 0 fully saturated rings. The first kappa shape index (κ1) is 16.8. The Morgan fingerprint density at radius 3 is 2.50 bits per heavy atom. The molecule has 0 saturated carbocycles. The van der Waals surface area contributed by atoms with Gasteiger partial charge in [0.05, 0.1) is 11.2 Å². The number of fused-ring (bicyclic) bond motifs is 3. The highest BCUT2D eigenvalue weighted by Crippen LogP contribution is 2.40. The fraction of sp³-hybridized carbons (Fsp3) is 0.111. The summed E-state index contributed by atoms with van der Waals surface area (Å²) in [4.78, 5) is 0. The van der Waals surface area contributed by atoms with Crippen molar-refractivity contribution in [2.24, 2.45) is 5.41 Å². The summed E-state index contributed by atoms with van der Waals surface area (Å²) < 4.78 is 2.37. The van der Waals surface area contributed by atoms with Gasteiger partial charge in [0.15, 0.2) is 0 Å². The van der Waals surface area contributed by atoms with Gasteiger partial charge in [-0.05, 0) is 43.2 Å². The second kappa shape index (κ2) is 6.69. The number of para-hydroxylation sites is 2. The molecule has 5 rings (SSSR count). The molecule has 2 aromatic carbocycles. The predicted molar refractivity (Wildman–Crippen MR) is 120 cm³/mol. The minimum atomic E-state index is -0.132. The minimum absolute atomic E-state index is 0.132. The molecule has 1 unspecified atom stereocenters. The highest BCUT2D eigenvalue weighted by Gasteiger charge is 2.25. The van der Waals surface area contributed by atoms with E-state index in [1.807, 2.05) is 0 Å². The fourth-order valence-corrected chi connectivity index (χ4v) is 4.17. The van der Waals surface area contributed by atoms with Crippen molar-refractivity contribution >= 4 is 23.1 Å². The van der Waals surface area contributed by atoms with Crippen molar-refractivity contribution in [2.75, 3.05) is 0 Å². The van der Waals surface area contributed by atoms with Crippen LogP contribution in [-0.2, 0) is 0 Å². The van der Waals surface area contributed by atoms with E-state index in [4.69, 9.17) is 0 Å². The fourth-order valence-electron chi connectivity index (χ4n) is 4.17. The van der Waals surface area contributed by atoms with Gasteiger partial charge < -0.3 is 4.57 Å². The number of allylic oxidation sites excluding steroid dienone is 8. The summed E-state index contributed by atoms with van der Waals surface area (Å²) in [7, 11) is 0. The maximum atomic E-state index is 2.37. The third kappa shape index (κ3) is 2.71. The van der Waals surface area contributed by atoms with Crippen LogP contribution in [0, 0.1) is 5.41 Å². The molecular formula is C27H23N. The van der Waals surface area contributed by atoms with Crippen molar-refractivity contribution in [1.82, 2.24) is 4.57 Å². The van der Waals surface area contributed by atoms with Crippen molar-refractivity contribution in [3.8, 4) is 5.69 Å². The lowest BCUT2D eigenvalue weighted by atomic mass is 9.81. The molecule has 0 N–H and O–H groups in total. The Labute approximate surface area is 166 Å². The van der Waals surface area contributed by atoms with E-state index in [2.05, 4.69) is 121 Å². The Bertz CT molecular complexity index is 1180. The molecule has 0 amide bonds. The SMILES string of the molecule is CC1(C2=CC=CCC=C2)C=Cc2c(n(-c3ccccc3)c3ccccc23)C=C1. The molecule has 1 atom stereocenters. The molecule has 1 aromatic heterocycles. The Kier molecular flexibility index (Phi) is 4.02. The van der Waals surface area contributed by atoms with E-state index in [1.54, 1.807) is 0 Å². The van der Waals surface area contributed by atoms with Gasteiger partial charge in [0, 0.05) is 22.1 Å². The first-order valence-corrected chi connectivity index (χ1v) is 9.87. The summed E-state index contributed by atoms with van der Waals surface area (Å²) in [5, 5.41) is 1.29. The third-order valence-corrected chi connectivity index (χ3v) is 5.75. The van der Waals surface area contributed by atoms with Crippen LogP contribution in [-0.4, -0.2) is 4.57 Å². The highest BCUT2D eigenvalue weighted by atomic mass is 15.0. The Morgan fingerprint density at radius 1 is 0.821 bits per heavy atom. The highest BCUT2D eigenvalue weighted by molar-refractivity contribution is 5.96. The zero-order valence-corrected chi connectivity index (χ0v) is 16.0. The van der Waals surface area contributed by atoms with Gasteiger partial charge in [-0.1, -0.05) is 85.0 Å². The molecule has 1 nitrogen and oxygen atoms in total. The summed E-state index contributed by atoms with van der Waals surface area (Å²) in [6.07, 6.45) is 21.4. The van der Waals surface area contributed by atoms with Crippen molar-refractivity contribution in [2.45, 2.75) is 13.3 Å². The van der Waals surface area contributed by atoms with Gasteiger partial charge >= 0.3 is 0 Å². The van der Waals surface area contributed by atoms with E-state index in [0.29, 0.717) is 0 Å². The maximum Gasteiger partial charge on any atom is 0.0541 e. The first-order chi connectivity index (χ1) is 13.8. The van der Waals surface area contributed by atoms with Crippen molar-refractivity contribution in [1.29, 1.82) is 0 Å². The molecule has 136 valence electrons. The van der Waals surface area contributed by atoms with Crippen LogP contribution in [0.2, 0.25) is 0 Å². The Hall–Kier alpha value is -3.32. The number of hydrogen-bond donors (Lipinski definition) is 0. The average molecular weight is 361 g/mol. The van der Waals surface area contributed by atoms with Crippen LogP contribution in [0.1, 0.15) is 24.6 Å². The zero-order chi connectivity index (χ0) is 19.0. The predicted octanol–water partition coefficient (Wildman–Crippen LogP) is 7.12. The second-order valence-corrected chi connectivity index (χ2v) is 7.62. The van der Waals surface area contributed by atoms with E-state index in [9.17, 15) is 0 Å². The van der Waals surface area contributed by atoms with E-state index in [0.717, 1.165) is 6.42 Å². The molecule has 3 aromatic rings. The van der Waals surface area contributed by atoms with Crippen LogP contribution in [0.15, 0.2) is 103 Å². The number of nitrogens with zero attached hydrogens (tertiary/aromatic N) is 1. The van der Waals surface area contributed by atoms with Crippen LogP contribution < -0.4 is 0 Å². The van der Waals surface area contributed by atoms with Gasteiger partial charge in [0.1, 0.15) is 0 Å². The number of hydrogen-bond acceptors (Lipinski definition) is 0. The van der Waals surface area contributed by atoms with E-state index in [1.165, 1.54) is 33.4 Å². The lowest BCUT2D eigenvalue weighted by Gasteiger charge is -2.23. The van der Waals surface area contributed by atoms with Gasteiger partial charge in [-0.15, -0.1) is 0 Å². The van der Waals surface area contributed by atoms with E-state index in [-0.39, 0.29) is 5.41 Å². The van der Waals surface area contributed by atoms with Crippen LogP contribution >= 0.6 is 0 Å². The van der Waals surface area contributed by atoms with Gasteiger partial charge in [-0.25, -0.2) is 0 Å². The van der Waals surface area contributed by atoms with Crippen LogP contribution in [0.3, 0.4) is 0 Å². The summed E-state index contributed by atoms with van der Waals surface area (Å²) in [6.45, 7) is 2.29. The van der Waals surface area contributed by atoms with E-state index >= 15 is 0 Å². The molecule has 0 saturated heterocycles. The summed E-state index contributed by atoms with van der Waals surface area (Å²) in [5.74, 6) is 0. The Morgan fingerprint density at radius 2 is 1.61 bits per heavy atom. The van der Waals surface area contributed by atoms with Crippen molar-refractivity contribution in [3.63, 3.8) is 0 Å². The van der Waals surface area contributed by atoms with Crippen LogP contribution in [0.5, 0.6) is 0 Å². The van der Waals surface area contributed by atoms with Crippen LogP contribution in [0.4, 0.5) is 0 Å². The molecular weight excluding hydrogens is 338 g/mol. The standard InChI is InChI=1S/C27H23N/c1-27(21-11-5-2-3-6-12-21)19-17-24-23-15-9-10-16-25(23)28(26(24)18-20-27)22-13-7-4-8-14-22/h2,4-20H,3H2,1H3. The quantitative estimate of drug-likeness (QED) is 0.458. The van der Waals surface area contributed by atoms with Gasteiger partial charge in [0.25, 0.3) is 0 Å². The zero-order valence-electron chi connectivity index (χ0n) is 16.0. The molecule has 2 aliphatic rings. The molecule has 0 radical (unpaired) electrons. The molecule has 28 heavy (non-hydrogen) atoms. The molecule has 1 heteroatoms. The maximum absolute atomic E-state index is 2.37. The molecule has 0 spiro atoms. The third-order valence-electron chi connectivity index (χ3n) is 5.75. The topological polar surface area (TPSA) is 4.93 Å². The second-order valence-electron chi connectivity index (χ2n) is 7.62. The van der Waals surface area contributed by atoms with Gasteiger partial charge in [-0.3, -0.25) is 0 Å². The summed E-state index contributed by atoms with van der Waals surface area (Å²) in [5.41, 5.74) is 6.14. The first-order valence-electron chi connectivity index (χ1n) is 9.87. The minimum Gasteiger partial charge on any atom is -0.309 e. The Balaban J connectivity index is 1.73. The van der Waals surface area contributed by atoms with Crippen molar-refractivity contribution in [3.05, 3.63) is 114 Å². The monoisotopic (exact) mass is 361 g/mol. The van der Waals surface area contributed by atoms with Crippen molar-refractivity contribution < 1.29 is 0 Å². The number of aromatic nitrogens is 1. The van der Waals surface area contributed by atoms with Gasteiger partial charge in [0.2, 0.25) is 0 Å². The summed E-state index contributed by atoms with van der Waals surface area (Å²) >= 11 is 0. The number of benzene rings is 2. The smallest absolute Gasteiger partial charge is 0.0541 e. The largest absolute Gasteiger partial charge is 0.309 e. The average Bonchev–Trinajstić information content (AvgIpc) is 2.92. The normalized spacial score (nSPS) is 20.7. The molecule has 0 aliphatic heterocycles. The van der Waals surface area contributed by atoms with Gasteiger partial charge in [-0.2, -0.15) is 0 Å². The number of rotatable bonds is 2. The van der Waals surface area contributed by atoms with Crippen LogP contribution in [0.25, 0.3) is 28.7 Å². The van der Waals surface area contributed by atoms with E-state index < -0.39 is 0 Å². The lowest BCUT2D eigenvalue weighted by Crippen LogP contribution is -2.11. The molecule has 2 aliphatic carbocycles. The molecule has 0 bridgehead atoms.